The maximum Gasteiger partial charge on any atom is 0.270 e. The van der Waals surface area contributed by atoms with Gasteiger partial charge in [-0.15, -0.1) is 0 Å². The van der Waals surface area contributed by atoms with E-state index in [1.165, 1.54) is 7.11 Å². The van der Waals surface area contributed by atoms with Crippen LogP contribution in [0.1, 0.15) is 19.8 Å². The molecule has 0 N–H and O–H groups in total. The van der Waals surface area contributed by atoms with Crippen molar-refractivity contribution in [2.24, 2.45) is 0 Å². The van der Waals surface area contributed by atoms with Crippen LogP contribution in [0.3, 0.4) is 0 Å². The number of alkyl halides is 1. The largest absolute Gasteiger partial charge is 0.368 e. The molecule has 0 aromatic carbocycles. The minimum atomic E-state index is -3.67. The van der Waals surface area contributed by atoms with Gasteiger partial charge in [0.15, 0.2) is 21.3 Å². The lowest BCUT2D eigenvalue weighted by molar-refractivity contribution is -0.161. The van der Waals surface area contributed by atoms with Gasteiger partial charge < -0.3 is 9.64 Å². The highest BCUT2D eigenvalue weighted by molar-refractivity contribution is 9.11. The van der Waals surface area contributed by atoms with Gasteiger partial charge in [0.1, 0.15) is 9.86 Å². The van der Waals surface area contributed by atoms with Crippen molar-refractivity contribution in [3.63, 3.8) is 0 Å². The van der Waals surface area contributed by atoms with Gasteiger partial charge in [0.25, 0.3) is 11.8 Å². The van der Waals surface area contributed by atoms with Crippen molar-refractivity contribution in [3.8, 4) is 0 Å². The number of halogens is 1. The van der Waals surface area contributed by atoms with E-state index in [-0.39, 0.29) is 11.6 Å². The van der Waals surface area contributed by atoms with Gasteiger partial charge in [-0.1, -0.05) is 15.9 Å². The number of nitrogens with zero attached hydrogens (tertiary/aromatic N) is 2. The summed E-state index contributed by atoms with van der Waals surface area (Å²) >= 11 is 3.16. The Morgan fingerprint density at radius 2 is 1.91 bits per heavy atom. The number of fused-ring (bicyclic) bond motifs is 1. The van der Waals surface area contributed by atoms with E-state index in [2.05, 4.69) is 15.9 Å². The van der Waals surface area contributed by atoms with Gasteiger partial charge in [0.2, 0.25) is 0 Å². The van der Waals surface area contributed by atoms with E-state index in [0.717, 1.165) is 17.7 Å². The first kappa shape index (κ1) is 15.9. The van der Waals surface area contributed by atoms with Crippen molar-refractivity contribution < 1.29 is 22.7 Å². The summed E-state index contributed by atoms with van der Waals surface area (Å²) in [7, 11) is -2.37. The molecule has 0 bridgehead atoms. The van der Waals surface area contributed by atoms with Gasteiger partial charge in [-0.25, -0.2) is 8.42 Å². The van der Waals surface area contributed by atoms with Crippen LogP contribution in [0.5, 0.6) is 0 Å². The Morgan fingerprint density at radius 1 is 1.32 bits per heavy atom. The van der Waals surface area contributed by atoms with Crippen LogP contribution in [0, 0.1) is 0 Å². The summed E-state index contributed by atoms with van der Waals surface area (Å²) < 4.78 is 29.0. The van der Waals surface area contributed by atoms with Crippen LogP contribution >= 0.6 is 15.9 Å². The zero-order valence-electron chi connectivity index (χ0n) is 12.3. The second-order valence-corrected chi connectivity index (χ2v) is 9.35. The Kier molecular flexibility index (Phi) is 3.85. The monoisotopic (exact) mass is 392 g/mol. The molecule has 7 nitrogen and oxygen atoms in total. The zero-order chi connectivity index (χ0) is 16.2. The summed E-state index contributed by atoms with van der Waals surface area (Å²) in [4.78, 5) is 27.7. The molecule has 2 saturated heterocycles. The van der Waals surface area contributed by atoms with Crippen molar-refractivity contribution >= 4 is 37.6 Å². The number of hydrogen-bond donors (Lipinski definition) is 0. The highest BCUT2D eigenvalue weighted by Gasteiger charge is 2.62. The molecule has 22 heavy (non-hydrogen) atoms. The molecule has 0 aliphatic carbocycles. The normalized spacial score (nSPS) is 33.8. The van der Waals surface area contributed by atoms with Crippen molar-refractivity contribution in [2.45, 2.75) is 35.4 Å². The van der Waals surface area contributed by atoms with Gasteiger partial charge in [-0.2, -0.15) is 0 Å². The summed E-state index contributed by atoms with van der Waals surface area (Å²) in [5.41, 5.74) is 0.540. The van der Waals surface area contributed by atoms with Gasteiger partial charge in [-0.05, 0) is 25.3 Å². The molecule has 0 radical (unpaired) electrons. The fourth-order valence-electron chi connectivity index (χ4n) is 3.22. The SMILES string of the molecule is CO[C@H]1C(=O)N2C(C(=O)N3CCCC3)=C(C)C(Br)S(=O)(=O)[C@H]12. The molecule has 3 atom stereocenters. The maximum absolute atomic E-state index is 12.7. The van der Waals surface area contributed by atoms with Crippen LogP contribution in [0.15, 0.2) is 11.3 Å². The minimum Gasteiger partial charge on any atom is -0.368 e. The Morgan fingerprint density at radius 3 is 2.45 bits per heavy atom. The molecule has 0 saturated carbocycles. The third kappa shape index (κ3) is 1.98. The fraction of sp³-hybridized carbons (Fsp3) is 0.692. The molecule has 3 aliphatic heterocycles. The number of hydrogen-bond acceptors (Lipinski definition) is 5. The number of β-lactam (4-membered cyclic amide) rings is 1. The Labute approximate surface area is 137 Å². The van der Waals surface area contributed by atoms with Gasteiger partial charge in [-0.3, -0.25) is 14.5 Å². The van der Waals surface area contributed by atoms with Crippen molar-refractivity contribution in [2.75, 3.05) is 20.2 Å². The third-order valence-corrected chi connectivity index (χ3v) is 8.74. The number of carbonyl (C=O) groups is 2. The maximum atomic E-state index is 12.7. The molecule has 1 unspecified atom stereocenters. The van der Waals surface area contributed by atoms with Crippen LogP contribution in [0.25, 0.3) is 0 Å². The quantitative estimate of drug-likeness (QED) is 0.495. The second kappa shape index (κ2) is 5.31. The number of methoxy groups -OCH3 is 1. The molecule has 0 aromatic rings. The number of amides is 2. The van der Waals surface area contributed by atoms with Crippen LogP contribution in [-0.2, 0) is 24.2 Å². The van der Waals surface area contributed by atoms with Gasteiger partial charge in [0.05, 0.1) is 0 Å². The topological polar surface area (TPSA) is 84.0 Å². The molecule has 3 rings (SSSR count). The Balaban J connectivity index is 2.06. The zero-order valence-corrected chi connectivity index (χ0v) is 14.7. The van der Waals surface area contributed by atoms with Crippen molar-refractivity contribution in [3.05, 3.63) is 11.3 Å². The molecule has 9 heteroatoms. The molecule has 122 valence electrons. The second-order valence-electron chi connectivity index (χ2n) is 5.69. The number of rotatable bonds is 2. The summed E-state index contributed by atoms with van der Waals surface area (Å²) in [6.45, 7) is 2.84. The average molecular weight is 393 g/mol. The van der Waals surface area contributed by atoms with E-state index in [1.54, 1.807) is 11.8 Å². The van der Waals surface area contributed by atoms with Crippen LogP contribution < -0.4 is 0 Å². The molecular weight excluding hydrogens is 376 g/mol. The van der Waals surface area contributed by atoms with Crippen LogP contribution in [0.2, 0.25) is 0 Å². The number of sulfone groups is 1. The number of ether oxygens (including phenoxy) is 1. The summed E-state index contributed by atoms with van der Waals surface area (Å²) in [5.74, 6) is -0.750. The lowest BCUT2D eigenvalue weighted by atomic mass is 10.0. The summed E-state index contributed by atoms with van der Waals surface area (Å²) in [5, 5.41) is -1.13. The highest BCUT2D eigenvalue weighted by atomic mass is 79.9. The average Bonchev–Trinajstić information content (AvgIpc) is 3.00. The first-order valence-corrected chi connectivity index (χ1v) is 9.57. The fourth-order valence-corrected chi connectivity index (χ4v) is 6.02. The lowest BCUT2D eigenvalue weighted by Gasteiger charge is -2.50. The van der Waals surface area contributed by atoms with Crippen LogP contribution in [0.4, 0.5) is 0 Å². The summed E-state index contributed by atoms with van der Waals surface area (Å²) in [6, 6.07) is 0. The smallest absolute Gasteiger partial charge is 0.270 e. The standard InChI is InChI=1S/C13H17BrN2O5S/c1-7-8(11(17)15-5-3-4-6-15)16-12(18)9(21-2)13(16)22(19,20)10(7)14/h9-10,13H,3-6H2,1-2H3/t9-,10?,13+/m0/s1. The Bertz CT molecular complexity index is 668. The van der Waals surface area contributed by atoms with E-state index in [1.807, 2.05) is 0 Å². The minimum absolute atomic E-state index is 0.182. The predicted molar refractivity (Wildman–Crippen MR) is 81.6 cm³/mol. The van der Waals surface area contributed by atoms with E-state index in [4.69, 9.17) is 4.74 Å². The number of carbonyl (C=O) groups excluding carboxylic acids is 2. The van der Waals surface area contributed by atoms with E-state index in [0.29, 0.717) is 18.7 Å². The van der Waals surface area contributed by atoms with E-state index >= 15 is 0 Å². The first-order valence-electron chi connectivity index (χ1n) is 7.05. The van der Waals surface area contributed by atoms with Crippen LogP contribution in [-0.4, -0.2) is 65.9 Å². The summed E-state index contributed by atoms with van der Waals surface area (Å²) in [6.07, 6.45) is 0.803. The molecule has 2 amide bonds. The van der Waals surface area contributed by atoms with Crippen molar-refractivity contribution in [1.82, 2.24) is 9.80 Å². The first-order chi connectivity index (χ1) is 10.3. The molecule has 3 aliphatic rings. The van der Waals surface area contributed by atoms with E-state index < -0.39 is 31.4 Å². The van der Waals surface area contributed by atoms with Gasteiger partial charge >= 0.3 is 0 Å². The Hall–Kier alpha value is -0.930. The molecule has 0 spiro atoms. The molecule has 0 aromatic heterocycles. The predicted octanol–water partition coefficient (Wildman–Crippen LogP) is 0.215. The molecular formula is C13H17BrN2O5S. The third-order valence-electron chi connectivity index (χ3n) is 4.42. The van der Waals surface area contributed by atoms with Gasteiger partial charge in [0, 0.05) is 20.2 Å². The highest BCUT2D eigenvalue weighted by Crippen LogP contribution is 2.43. The van der Waals surface area contributed by atoms with E-state index in [9.17, 15) is 18.0 Å². The molecule has 2 fully saturated rings. The van der Waals surface area contributed by atoms with Crippen molar-refractivity contribution in [1.29, 1.82) is 0 Å². The lowest BCUT2D eigenvalue weighted by Crippen LogP contribution is -2.71. The number of likely N-dealkylation sites (tertiary alicyclic amines) is 1. The molecule has 3 heterocycles.